The summed E-state index contributed by atoms with van der Waals surface area (Å²) in [5, 5.41) is 15.7. The number of methoxy groups -OCH3 is 1. The molecule has 3 aromatic carbocycles. The highest BCUT2D eigenvalue weighted by atomic mass is 35.5. The number of carbonyl (C=O) groups excluding carboxylic acids is 2. The number of para-hydroxylation sites is 1. The van der Waals surface area contributed by atoms with E-state index in [1.807, 2.05) is 42.5 Å². The highest BCUT2D eigenvalue weighted by Crippen LogP contribution is 2.46. The van der Waals surface area contributed by atoms with Crippen LogP contribution in [0.15, 0.2) is 66.7 Å². The Hall–Kier alpha value is -3.59. The van der Waals surface area contributed by atoms with E-state index in [2.05, 4.69) is 12.2 Å². The maximum atomic E-state index is 13.5. The fraction of sp³-hybridized carbons (Fsp3) is 0.394. The number of ether oxygens (including phenoxy) is 2. The van der Waals surface area contributed by atoms with E-state index in [9.17, 15) is 14.7 Å². The number of alkyl carbamates (subject to hydrolysis) is 1. The minimum absolute atomic E-state index is 0.0862. The number of hydrogen-bond donors (Lipinski definition) is 3. The van der Waals surface area contributed by atoms with E-state index in [4.69, 9.17) is 26.8 Å². The van der Waals surface area contributed by atoms with Crippen molar-refractivity contribution < 1.29 is 24.2 Å². The number of piperidine rings is 1. The molecule has 3 aromatic rings. The summed E-state index contributed by atoms with van der Waals surface area (Å²) in [6, 6.07) is 20.5. The standard InChI is InChI=1S/C33H40ClN3O5/c1-3-23-8-4-10-27(20-23)42-30-28(11-5-12-29(30)34)33(40,17-7-18-36-32(39)41-2)26-9-6-19-37(22-26)31(38)25-15-13-24(21-35)14-16-25/h4-5,8,10-16,20,26,40H,3,6-7,9,17-19,21-22,35H2,1-2H3,(H,36,39). The van der Waals surface area contributed by atoms with Gasteiger partial charge in [0.15, 0.2) is 5.75 Å². The van der Waals surface area contributed by atoms with Gasteiger partial charge in [-0.15, -0.1) is 0 Å². The average molecular weight is 594 g/mol. The molecule has 1 fully saturated rings. The van der Waals surface area contributed by atoms with Crippen LogP contribution >= 0.6 is 11.6 Å². The predicted molar refractivity (Wildman–Crippen MR) is 164 cm³/mol. The van der Waals surface area contributed by atoms with Gasteiger partial charge < -0.3 is 30.5 Å². The number of carbonyl (C=O) groups is 2. The number of nitrogens with two attached hydrogens (primary N) is 1. The number of nitrogens with one attached hydrogen (secondary N) is 1. The van der Waals surface area contributed by atoms with Gasteiger partial charge in [-0.2, -0.15) is 0 Å². The van der Waals surface area contributed by atoms with Crippen LogP contribution < -0.4 is 15.8 Å². The quantitative estimate of drug-likeness (QED) is 0.234. The first kappa shape index (κ1) is 31.3. The maximum absolute atomic E-state index is 13.5. The van der Waals surface area contributed by atoms with Crippen LogP contribution in [0, 0.1) is 5.92 Å². The Morgan fingerprint density at radius 1 is 1.12 bits per heavy atom. The van der Waals surface area contributed by atoms with Crippen molar-refractivity contribution >= 4 is 23.6 Å². The molecule has 0 aliphatic carbocycles. The summed E-state index contributed by atoms with van der Waals surface area (Å²) >= 11 is 6.72. The molecule has 0 radical (unpaired) electrons. The monoisotopic (exact) mass is 593 g/mol. The van der Waals surface area contributed by atoms with Gasteiger partial charge in [-0.25, -0.2) is 4.79 Å². The largest absolute Gasteiger partial charge is 0.455 e. The molecule has 1 heterocycles. The van der Waals surface area contributed by atoms with Gasteiger partial charge in [0.2, 0.25) is 0 Å². The molecular formula is C33H40ClN3O5. The van der Waals surface area contributed by atoms with Crippen molar-refractivity contribution in [3.8, 4) is 11.5 Å². The van der Waals surface area contributed by atoms with Gasteiger partial charge in [-0.05, 0) is 73.6 Å². The lowest BCUT2D eigenvalue weighted by Gasteiger charge is -2.43. The van der Waals surface area contributed by atoms with Crippen LogP contribution in [0.1, 0.15) is 59.7 Å². The molecule has 8 nitrogen and oxygen atoms in total. The molecule has 9 heteroatoms. The van der Waals surface area contributed by atoms with Gasteiger partial charge in [0, 0.05) is 43.2 Å². The number of nitrogens with zero attached hydrogens (tertiary/aromatic N) is 1. The molecule has 4 N–H and O–H groups in total. The van der Waals surface area contributed by atoms with Crippen LogP contribution in [0.25, 0.3) is 0 Å². The third-order valence-electron chi connectivity index (χ3n) is 7.97. The van der Waals surface area contributed by atoms with Gasteiger partial charge in [-0.3, -0.25) is 4.79 Å². The van der Waals surface area contributed by atoms with Crippen molar-refractivity contribution in [2.45, 2.75) is 51.2 Å². The summed E-state index contributed by atoms with van der Waals surface area (Å²) in [5.74, 6) is 0.618. The number of halogens is 1. The van der Waals surface area contributed by atoms with Crippen LogP contribution in [0.4, 0.5) is 4.79 Å². The van der Waals surface area contributed by atoms with Crippen molar-refractivity contribution in [2.75, 3.05) is 26.7 Å². The van der Waals surface area contributed by atoms with Gasteiger partial charge in [-0.1, -0.05) is 54.9 Å². The highest BCUT2D eigenvalue weighted by molar-refractivity contribution is 6.32. The van der Waals surface area contributed by atoms with Crippen LogP contribution in [0.3, 0.4) is 0 Å². The number of rotatable bonds is 11. The van der Waals surface area contributed by atoms with Crippen LogP contribution in [-0.2, 0) is 23.3 Å². The van der Waals surface area contributed by atoms with E-state index in [-0.39, 0.29) is 11.8 Å². The molecule has 1 aliphatic heterocycles. The molecule has 2 unspecified atom stereocenters. The Balaban J connectivity index is 1.66. The molecule has 2 amide bonds. The van der Waals surface area contributed by atoms with Crippen molar-refractivity contribution in [1.29, 1.82) is 0 Å². The zero-order chi connectivity index (χ0) is 30.1. The zero-order valence-corrected chi connectivity index (χ0v) is 25.0. The molecule has 0 spiro atoms. The molecule has 1 saturated heterocycles. The minimum atomic E-state index is -1.40. The van der Waals surface area contributed by atoms with Crippen LogP contribution in [-0.4, -0.2) is 48.8 Å². The highest BCUT2D eigenvalue weighted by Gasteiger charge is 2.43. The zero-order valence-electron chi connectivity index (χ0n) is 24.3. The number of benzene rings is 3. The van der Waals surface area contributed by atoms with Gasteiger partial charge in [0.1, 0.15) is 5.75 Å². The van der Waals surface area contributed by atoms with E-state index in [0.717, 1.165) is 24.0 Å². The first-order valence-corrected chi connectivity index (χ1v) is 14.8. The summed E-state index contributed by atoms with van der Waals surface area (Å²) in [5.41, 5.74) is 7.54. The van der Waals surface area contributed by atoms with E-state index in [0.29, 0.717) is 73.1 Å². The molecule has 0 saturated carbocycles. The van der Waals surface area contributed by atoms with Crippen LogP contribution in [0.2, 0.25) is 5.02 Å². The Labute approximate surface area is 252 Å². The van der Waals surface area contributed by atoms with E-state index < -0.39 is 11.7 Å². The average Bonchev–Trinajstić information content (AvgIpc) is 3.03. The van der Waals surface area contributed by atoms with Gasteiger partial charge in [0.05, 0.1) is 17.7 Å². The Morgan fingerprint density at radius 2 is 1.88 bits per heavy atom. The second-order valence-corrected chi connectivity index (χ2v) is 11.1. The minimum Gasteiger partial charge on any atom is -0.455 e. The number of amides is 2. The summed E-state index contributed by atoms with van der Waals surface area (Å²) in [7, 11) is 1.31. The van der Waals surface area contributed by atoms with Crippen molar-refractivity contribution in [3.05, 3.63) is 94.0 Å². The molecule has 224 valence electrons. The molecule has 42 heavy (non-hydrogen) atoms. The molecule has 4 rings (SSSR count). The smallest absolute Gasteiger partial charge is 0.406 e. The summed E-state index contributed by atoms with van der Waals surface area (Å²) in [6.07, 6.45) is 2.53. The number of aryl methyl sites for hydroxylation is 1. The SMILES string of the molecule is CCc1cccc(Oc2c(Cl)cccc2C(O)(CCCNC(=O)OC)C2CCCN(C(=O)c3ccc(CN)cc3)C2)c1. The fourth-order valence-electron chi connectivity index (χ4n) is 5.60. The lowest BCUT2D eigenvalue weighted by Crippen LogP contribution is -2.48. The lowest BCUT2D eigenvalue weighted by atomic mass is 9.73. The first-order valence-electron chi connectivity index (χ1n) is 14.5. The van der Waals surface area contributed by atoms with Crippen molar-refractivity contribution in [3.63, 3.8) is 0 Å². The Kier molecular flexibility index (Phi) is 10.8. The third kappa shape index (κ3) is 7.43. The number of aliphatic hydroxyl groups is 1. The second-order valence-electron chi connectivity index (χ2n) is 10.7. The number of hydrogen-bond acceptors (Lipinski definition) is 6. The first-order chi connectivity index (χ1) is 20.3. The van der Waals surface area contributed by atoms with Gasteiger partial charge >= 0.3 is 6.09 Å². The lowest BCUT2D eigenvalue weighted by molar-refractivity contribution is -0.0578. The molecule has 1 aliphatic rings. The molecule has 0 aromatic heterocycles. The summed E-state index contributed by atoms with van der Waals surface area (Å²) in [4.78, 5) is 27.0. The Bertz CT molecular complexity index is 1370. The molecule has 0 bridgehead atoms. The summed E-state index contributed by atoms with van der Waals surface area (Å²) < 4.78 is 11.1. The van der Waals surface area contributed by atoms with Crippen LogP contribution in [0.5, 0.6) is 11.5 Å². The third-order valence-corrected chi connectivity index (χ3v) is 8.27. The molecule has 2 atom stereocenters. The fourth-order valence-corrected chi connectivity index (χ4v) is 5.81. The van der Waals surface area contributed by atoms with E-state index in [1.54, 1.807) is 29.2 Å². The maximum Gasteiger partial charge on any atom is 0.406 e. The second kappa shape index (κ2) is 14.5. The topological polar surface area (TPSA) is 114 Å². The predicted octanol–water partition coefficient (Wildman–Crippen LogP) is 6.03. The van der Waals surface area contributed by atoms with E-state index >= 15 is 0 Å². The van der Waals surface area contributed by atoms with Gasteiger partial charge in [0.25, 0.3) is 5.91 Å². The number of likely N-dealkylation sites (tertiary alicyclic amines) is 1. The molecular weight excluding hydrogens is 554 g/mol. The van der Waals surface area contributed by atoms with E-state index in [1.165, 1.54) is 7.11 Å². The normalized spacial score (nSPS) is 16.4. The summed E-state index contributed by atoms with van der Waals surface area (Å²) in [6.45, 7) is 3.74. The van der Waals surface area contributed by atoms with Crippen molar-refractivity contribution in [2.24, 2.45) is 11.7 Å². The Morgan fingerprint density at radius 3 is 2.60 bits per heavy atom. The van der Waals surface area contributed by atoms with Crippen molar-refractivity contribution in [1.82, 2.24) is 10.2 Å².